The van der Waals surface area contributed by atoms with Gasteiger partial charge in [-0.2, -0.15) is 9.97 Å². The smallest absolute Gasteiger partial charge is 0.238 e. The van der Waals surface area contributed by atoms with E-state index in [0.29, 0.717) is 17.6 Å². The van der Waals surface area contributed by atoms with E-state index < -0.39 is 0 Å². The first kappa shape index (κ1) is 20.6. The average molecular weight is 429 g/mol. The Morgan fingerprint density at radius 3 is 2.39 bits per heavy atom. The number of nitrogens with zero attached hydrogens (tertiary/aromatic N) is 4. The van der Waals surface area contributed by atoms with Crippen LogP contribution in [0.5, 0.6) is 0 Å². The highest BCUT2D eigenvalue weighted by atomic mass is 15.2. The number of allylic oxidation sites excluding steroid dienone is 5. The van der Waals surface area contributed by atoms with Crippen LogP contribution < -0.4 is 0 Å². The summed E-state index contributed by atoms with van der Waals surface area (Å²) in [5.41, 5.74) is 5.00. The molecule has 160 valence electrons. The molecule has 0 saturated heterocycles. The van der Waals surface area contributed by atoms with Crippen molar-refractivity contribution in [1.29, 1.82) is 0 Å². The summed E-state index contributed by atoms with van der Waals surface area (Å²) in [5.74, 6) is 1.75. The zero-order valence-corrected chi connectivity index (χ0v) is 18.7. The average Bonchev–Trinajstić information content (AvgIpc) is 3.18. The van der Waals surface area contributed by atoms with E-state index in [1.807, 2.05) is 67.6 Å². The van der Waals surface area contributed by atoms with Crippen LogP contribution in [0.4, 0.5) is 0 Å². The normalized spacial score (nSPS) is 11.8. The number of aromatic nitrogens is 4. The van der Waals surface area contributed by atoms with Crippen LogP contribution in [0.2, 0.25) is 0 Å². The summed E-state index contributed by atoms with van der Waals surface area (Å²) in [6.07, 6.45) is 7.79. The van der Waals surface area contributed by atoms with Gasteiger partial charge >= 0.3 is 0 Å². The van der Waals surface area contributed by atoms with Crippen molar-refractivity contribution in [2.75, 3.05) is 0 Å². The van der Waals surface area contributed by atoms with Gasteiger partial charge in [0.1, 0.15) is 0 Å². The SMILES string of the molecule is C=C(C=CC=CC)c1nc(-c2ccccc2)nc(-n2c3ccccc3c3cc(C)ccc32)n1. The number of benzene rings is 3. The van der Waals surface area contributed by atoms with E-state index in [9.17, 15) is 0 Å². The third-order valence-corrected chi connectivity index (χ3v) is 5.57. The van der Waals surface area contributed by atoms with Crippen LogP contribution in [0.25, 0.3) is 44.7 Å². The lowest BCUT2D eigenvalue weighted by atomic mass is 10.1. The molecule has 0 unspecified atom stereocenters. The Bertz CT molecular complexity index is 1540. The molecule has 0 atom stereocenters. The number of fused-ring (bicyclic) bond motifs is 3. The molecule has 0 fully saturated rings. The first-order chi connectivity index (χ1) is 16.2. The van der Waals surface area contributed by atoms with E-state index in [0.717, 1.165) is 22.2 Å². The molecule has 2 aromatic heterocycles. The molecule has 33 heavy (non-hydrogen) atoms. The van der Waals surface area contributed by atoms with E-state index in [1.165, 1.54) is 16.3 Å². The minimum Gasteiger partial charge on any atom is -0.278 e. The highest BCUT2D eigenvalue weighted by Gasteiger charge is 2.17. The van der Waals surface area contributed by atoms with Gasteiger partial charge in [-0.05, 0) is 32.0 Å². The predicted molar refractivity (Wildman–Crippen MR) is 137 cm³/mol. The van der Waals surface area contributed by atoms with Crippen LogP contribution in [-0.4, -0.2) is 19.5 Å². The molecule has 5 rings (SSSR count). The second-order valence-corrected chi connectivity index (χ2v) is 7.93. The van der Waals surface area contributed by atoms with Crippen LogP contribution in [0.15, 0.2) is 104 Å². The van der Waals surface area contributed by atoms with Gasteiger partial charge in [-0.1, -0.05) is 91.0 Å². The number of rotatable bonds is 5. The van der Waals surface area contributed by atoms with Gasteiger partial charge < -0.3 is 0 Å². The summed E-state index contributed by atoms with van der Waals surface area (Å²) in [6.45, 7) is 8.30. The van der Waals surface area contributed by atoms with Crippen molar-refractivity contribution in [3.05, 3.63) is 115 Å². The monoisotopic (exact) mass is 428 g/mol. The Labute approximate surface area is 193 Å². The Balaban J connectivity index is 1.80. The van der Waals surface area contributed by atoms with Gasteiger partial charge in [-0.15, -0.1) is 0 Å². The highest BCUT2D eigenvalue weighted by Crippen LogP contribution is 2.32. The van der Waals surface area contributed by atoms with Gasteiger partial charge in [-0.3, -0.25) is 4.57 Å². The summed E-state index contributed by atoms with van der Waals surface area (Å²) in [5, 5.41) is 2.35. The third-order valence-electron chi connectivity index (χ3n) is 5.57. The number of aryl methyl sites for hydroxylation is 1. The van der Waals surface area contributed by atoms with Crippen molar-refractivity contribution in [3.63, 3.8) is 0 Å². The number of hydrogen-bond donors (Lipinski definition) is 0. The molecule has 4 heteroatoms. The fraction of sp³-hybridized carbons (Fsp3) is 0.0690. The summed E-state index contributed by atoms with van der Waals surface area (Å²) in [6, 6.07) is 24.8. The van der Waals surface area contributed by atoms with Gasteiger partial charge in [0.25, 0.3) is 0 Å². The fourth-order valence-corrected chi connectivity index (χ4v) is 3.98. The topological polar surface area (TPSA) is 43.6 Å². The van der Waals surface area contributed by atoms with Crippen molar-refractivity contribution in [3.8, 4) is 17.3 Å². The van der Waals surface area contributed by atoms with Crippen molar-refractivity contribution >= 4 is 27.4 Å². The summed E-state index contributed by atoms with van der Waals surface area (Å²) in [7, 11) is 0. The van der Waals surface area contributed by atoms with Crippen LogP contribution in [0.3, 0.4) is 0 Å². The van der Waals surface area contributed by atoms with Gasteiger partial charge in [0.2, 0.25) is 5.95 Å². The second kappa shape index (κ2) is 8.67. The van der Waals surface area contributed by atoms with Crippen LogP contribution >= 0.6 is 0 Å². The molecule has 0 radical (unpaired) electrons. The molecule has 3 aromatic carbocycles. The van der Waals surface area contributed by atoms with Gasteiger partial charge in [-0.25, -0.2) is 4.98 Å². The van der Waals surface area contributed by atoms with E-state index in [1.54, 1.807) is 0 Å². The van der Waals surface area contributed by atoms with E-state index >= 15 is 0 Å². The lowest BCUT2D eigenvalue weighted by molar-refractivity contribution is 0.933. The zero-order valence-electron chi connectivity index (χ0n) is 18.7. The minimum atomic E-state index is 0.553. The van der Waals surface area contributed by atoms with Crippen molar-refractivity contribution in [1.82, 2.24) is 19.5 Å². The quantitative estimate of drug-likeness (QED) is 0.281. The molecule has 0 N–H and O–H groups in total. The van der Waals surface area contributed by atoms with Gasteiger partial charge in [0.15, 0.2) is 11.6 Å². The molecule has 0 amide bonds. The highest BCUT2D eigenvalue weighted by molar-refractivity contribution is 6.09. The van der Waals surface area contributed by atoms with Crippen molar-refractivity contribution in [2.24, 2.45) is 0 Å². The zero-order chi connectivity index (χ0) is 22.8. The maximum Gasteiger partial charge on any atom is 0.238 e. The predicted octanol–water partition coefficient (Wildman–Crippen LogP) is 7.09. The molecule has 4 nitrogen and oxygen atoms in total. The molecule has 0 bridgehead atoms. The Kier molecular flexibility index (Phi) is 5.41. The van der Waals surface area contributed by atoms with Crippen LogP contribution in [0, 0.1) is 6.92 Å². The molecule has 0 saturated carbocycles. The lowest BCUT2D eigenvalue weighted by Gasteiger charge is -2.10. The summed E-state index contributed by atoms with van der Waals surface area (Å²) in [4.78, 5) is 14.5. The molecule has 2 heterocycles. The minimum absolute atomic E-state index is 0.553. The van der Waals surface area contributed by atoms with E-state index in [2.05, 4.69) is 54.5 Å². The first-order valence-electron chi connectivity index (χ1n) is 11.0. The fourth-order valence-electron chi connectivity index (χ4n) is 3.98. The molecule has 0 spiro atoms. The maximum absolute atomic E-state index is 4.91. The molecular weight excluding hydrogens is 404 g/mol. The summed E-state index contributed by atoms with van der Waals surface area (Å²) >= 11 is 0. The Morgan fingerprint density at radius 2 is 1.58 bits per heavy atom. The number of hydrogen-bond acceptors (Lipinski definition) is 3. The van der Waals surface area contributed by atoms with Crippen molar-refractivity contribution in [2.45, 2.75) is 13.8 Å². The molecular formula is C29H24N4. The van der Waals surface area contributed by atoms with Gasteiger partial charge in [0, 0.05) is 21.9 Å². The van der Waals surface area contributed by atoms with E-state index in [-0.39, 0.29) is 0 Å². The van der Waals surface area contributed by atoms with Crippen molar-refractivity contribution < 1.29 is 0 Å². The number of para-hydroxylation sites is 1. The maximum atomic E-state index is 4.91. The van der Waals surface area contributed by atoms with E-state index in [4.69, 9.17) is 15.0 Å². The first-order valence-corrected chi connectivity index (χ1v) is 11.0. The lowest BCUT2D eigenvalue weighted by Crippen LogP contribution is -2.07. The standard InChI is InChI=1S/C29H24N4/c1-4-5-7-12-21(3)27-30-28(22-13-8-6-9-14-22)32-29(31-27)33-25-16-11-10-15-23(25)24-19-20(2)17-18-26(24)33/h4-19H,3H2,1-2H3. The summed E-state index contributed by atoms with van der Waals surface area (Å²) < 4.78 is 2.12. The molecule has 0 aliphatic heterocycles. The molecule has 0 aliphatic rings. The van der Waals surface area contributed by atoms with Gasteiger partial charge in [0.05, 0.1) is 11.0 Å². The van der Waals surface area contributed by atoms with Crippen LogP contribution in [-0.2, 0) is 0 Å². The molecule has 5 aromatic rings. The third kappa shape index (κ3) is 3.87. The second-order valence-electron chi connectivity index (χ2n) is 7.93. The van der Waals surface area contributed by atoms with Crippen LogP contribution in [0.1, 0.15) is 18.3 Å². The molecule has 0 aliphatic carbocycles. The Hall–Kier alpha value is -4.31. The Morgan fingerprint density at radius 1 is 0.818 bits per heavy atom. The largest absolute Gasteiger partial charge is 0.278 e.